The van der Waals surface area contributed by atoms with E-state index in [2.05, 4.69) is 41.2 Å². The topological polar surface area (TPSA) is 12.0 Å². The van der Waals surface area contributed by atoms with Gasteiger partial charge in [0.2, 0.25) is 0 Å². The number of benzene rings is 1. The van der Waals surface area contributed by atoms with Crippen molar-refractivity contribution in [3.05, 3.63) is 32.8 Å². The molecule has 0 aliphatic heterocycles. The lowest BCUT2D eigenvalue weighted by molar-refractivity contribution is 0.416. The van der Waals surface area contributed by atoms with Crippen LogP contribution < -0.4 is 5.32 Å². The minimum absolute atomic E-state index is 0.447. The van der Waals surface area contributed by atoms with E-state index in [1.165, 1.54) is 15.6 Å². The highest BCUT2D eigenvalue weighted by Gasteiger charge is 2.32. The predicted molar refractivity (Wildman–Crippen MR) is 73.1 cm³/mol. The van der Waals surface area contributed by atoms with Crippen LogP contribution in [0.15, 0.2) is 16.6 Å². The monoisotopic (exact) mass is 301 g/mol. The van der Waals surface area contributed by atoms with Gasteiger partial charge in [0.25, 0.3) is 0 Å². The first-order chi connectivity index (χ1) is 7.65. The summed E-state index contributed by atoms with van der Waals surface area (Å²) in [7, 11) is 0. The van der Waals surface area contributed by atoms with Crippen LogP contribution in [-0.2, 0) is 6.42 Å². The van der Waals surface area contributed by atoms with E-state index in [0.29, 0.717) is 12.0 Å². The van der Waals surface area contributed by atoms with E-state index in [-0.39, 0.29) is 0 Å². The zero-order chi connectivity index (χ0) is 11.7. The lowest BCUT2D eigenvalue weighted by Crippen LogP contribution is -2.24. The Morgan fingerprint density at radius 2 is 2.25 bits per heavy atom. The van der Waals surface area contributed by atoms with Gasteiger partial charge in [-0.3, -0.25) is 0 Å². The molecule has 0 saturated heterocycles. The first kappa shape index (κ1) is 12.4. The second-order valence-corrected chi connectivity index (χ2v) is 5.80. The summed E-state index contributed by atoms with van der Waals surface area (Å²) in [6.07, 6.45) is 2.24. The maximum Gasteiger partial charge on any atom is 0.0442 e. The van der Waals surface area contributed by atoms with Crippen LogP contribution in [0.25, 0.3) is 0 Å². The third-order valence-electron chi connectivity index (χ3n) is 3.27. The zero-order valence-corrected chi connectivity index (χ0v) is 12.0. The van der Waals surface area contributed by atoms with Gasteiger partial charge in [0.05, 0.1) is 0 Å². The van der Waals surface area contributed by atoms with Gasteiger partial charge in [-0.25, -0.2) is 0 Å². The number of halogens is 2. The molecule has 1 N–H and O–H groups in total. The molecule has 0 fully saturated rings. The molecule has 1 aromatic carbocycles. The third kappa shape index (κ3) is 2.15. The highest BCUT2D eigenvalue weighted by atomic mass is 79.9. The highest BCUT2D eigenvalue weighted by Crippen LogP contribution is 2.43. The van der Waals surface area contributed by atoms with Gasteiger partial charge in [-0.2, -0.15) is 0 Å². The van der Waals surface area contributed by atoms with Gasteiger partial charge >= 0.3 is 0 Å². The maximum atomic E-state index is 6.26. The minimum atomic E-state index is 0.447. The van der Waals surface area contributed by atoms with E-state index in [1.54, 1.807) is 0 Å². The number of fused-ring (bicyclic) bond motifs is 1. The summed E-state index contributed by atoms with van der Waals surface area (Å²) in [5, 5.41) is 4.52. The Labute approximate surface area is 111 Å². The Morgan fingerprint density at radius 1 is 1.50 bits per heavy atom. The van der Waals surface area contributed by atoms with Gasteiger partial charge in [-0.1, -0.05) is 41.4 Å². The van der Waals surface area contributed by atoms with Gasteiger partial charge in [-0.05, 0) is 48.6 Å². The standard InChI is InChI=1S/C13H17BrClN/c1-3-6-16-13-8(2)7-9-11(15)5-4-10(14)12(9)13/h4-5,8,13,16H,3,6-7H2,1-2H3. The minimum Gasteiger partial charge on any atom is -0.310 e. The molecule has 0 bridgehead atoms. The summed E-state index contributed by atoms with van der Waals surface area (Å²) in [4.78, 5) is 0. The summed E-state index contributed by atoms with van der Waals surface area (Å²) in [5.41, 5.74) is 2.69. The summed E-state index contributed by atoms with van der Waals surface area (Å²) in [6, 6.07) is 4.49. The van der Waals surface area contributed by atoms with Gasteiger partial charge < -0.3 is 5.32 Å². The average Bonchev–Trinajstić information content (AvgIpc) is 2.59. The van der Waals surface area contributed by atoms with Gasteiger partial charge in [-0.15, -0.1) is 0 Å². The van der Waals surface area contributed by atoms with E-state index < -0.39 is 0 Å². The molecule has 0 radical (unpaired) electrons. The molecule has 1 aliphatic rings. The fourth-order valence-electron chi connectivity index (χ4n) is 2.48. The van der Waals surface area contributed by atoms with Crippen molar-refractivity contribution in [2.75, 3.05) is 6.54 Å². The fraction of sp³-hybridized carbons (Fsp3) is 0.538. The van der Waals surface area contributed by atoms with E-state index in [1.807, 2.05) is 6.07 Å². The second kappa shape index (κ2) is 5.07. The lowest BCUT2D eigenvalue weighted by Gasteiger charge is -2.19. The molecule has 2 rings (SSSR count). The van der Waals surface area contributed by atoms with Crippen molar-refractivity contribution in [2.45, 2.75) is 32.7 Å². The van der Waals surface area contributed by atoms with Crippen LogP contribution >= 0.6 is 27.5 Å². The van der Waals surface area contributed by atoms with Crippen molar-refractivity contribution in [3.8, 4) is 0 Å². The Bertz CT molecular complexity index is 392. The lowest BCUT2D eigenvalue weighted by atomic mass is 10.0. The molecule has 0 spiro atoms. The van der Waals surface area contributed by atoms with Crippen LogP contribution in [0.5, 0.6) is 0 Å². The Kier molecular flexibility index (Phi) is 3.93. The number of nitrogens with one attached hydrogen (secondary N) is 1. The molecule has 1 nitrogen and oxygen atoms in total. The normalized spacial score (nSPS) is 23.5. The van der Waals surface area contributed by atoms with Crippen LogP contribution in [0, 0.1) is 5.92 Å². The van der Waals surface area contributed by atoms with Crippen molar-refractivity contribution in [3.63, 3.8) is 0 Å². The Morgan fingerprint density at radius 3 is 2.94 bits per heavy atom. The molecule has 1 aromatic rings. The number of hydrogen-bond acceptors (Lipinski definition) is 1. The predicted octanol–water partition coefficient (Wildman–Crippen LogP) is 4.34. The molecule has 2 atom stereocenters. The number of rotatable bonds is 3. The molecule has 1 aliphatic carbocycles. The van der Waals surface area contributed by atoms with Crippen LogP contribution in [0.4, 0.5) is 0 Å². The summed E-state index contributed by atoms with van der Waals surface area (Å²) >= 11 is 9.90. The molecule has 0 heterocycles. The quantitative estimate of drug-likeness (QED) is 0.876. The number of hydrogen-bond donors (Lipinski definition) is 1. The maximum absolute atomic E-state index is 6.26. The summed E-state index contributed by atoms with van der Waals surface area (Å²) < 4.78 is 1.19. The van der Waals surface area contributed by atoms with Gasteiger partial charge in [0, 0.05) is 15.5 Å². The first-order valence-corrected chi connectivity index (χ1v) is 7.02. The fourth-order valence-corrected chi connectivity index (χ4v) is 3.34. The van der Waals surface area contributed by atoms with E-state index >= 15 is 0 Å². The van der Waals surface area contributed by atoms with E-state index in [0.717, 1.165) is 24.4 Å². The van der Waals surface area contributed by atoms with Crippen molar-refractivity contribution >= 4 is 27.5 Å². The molecule has 0 amide bonds. The van der Waals surface area contributed by atoms with E-state index in [9.17, 15) is 0 Å². The van der Waals surface area contributed by atoms with Crippen LogP contribution in [0.3, 0.4) is 0 Å². The highest BCUT2D eigenvalue weighted by molar-refractivity contribution is 9.10. The van der Waals surface area contributed by atoms with Crippen LogP contribution in [0.2, 0.25) is 5.02 Å². The smallest absolute Gasteiger partial charge is 0.0442 e. The van der Waals surface area contributed by atoms with Gasteiger partial charge in [0.15, 0.2) is 0 Å². The van der Waals surface area contributed by atoms with Gasteiger partial charge in [0.1, 0.15) is 0 Å². The molecule has 88 valence electrons. The SMILES string of the molecule is CCCNC1c2c(Br)ccc(Cl)c2CC1C. The van der Waals surface area contributed by atoms with Crippen molar-refractivity contribution in [2.24, 2.45) is 5.92 Å². The Balaban J connectivity index is 2.35. The molecular weight excluding hydrogens is 286 g/mol. The van der Waals surface area contributed by atoms with Crippen LogP contribution in [0.1, 0.15) is 37.4 Å². The first-order valence-electron chi connectivity index (χ1n) is 5.85. The summed E-state index contributed by atoms with van der Waals surface area (Å²) in [6.45, 7) is 5.55. The molecule has 16 heavy (non-hydrogen) atoms. The molecule has 0 saturated carbocycles. The average molecular weight is 303 g/mol. The molecule has 2 unspecified atom stereocenters. The van der Waals surface area contributed by atoms with Crippen molar-refractivity contribution in [1.29, 1.82) is 0 Å². The molecule has 3 heteroatoms. The second-order valence-electron chi connectivity index (χ2n) is 4.53. The summed E-state index contributed by atoms with van der Waals surface area (Å²) in [5.74, 6) is 0.623. The third-order valence-corrected chi connectivity index (χ3v) is 4.31. The largest absolute Gasteiger partial charge is 0.310 e. The molecular formula is C13H17BrClN. The zero-order valence-electron chi connectivity index (χ0n) is 9.69. The molecule has 0 aromatic heterocycles. The Hall–Kier alpha value is -0.0500. The van der Waals surface area contributed by atoms with E-state index in [4.69, 9.17) is 11.6 Å². The van der Waals surface area contributed by atoms with Crippen molar-refractivity contribution in [1.82, 2.24) is 5.32 Å². The van der Waals surface area contributed by atoms with Crippen molar-refractivity contribution < 1.29 is 0 Å². The van der Waals surface area contributed by atoms with Crippen LogP contribution in [-0.4, -0.2) is 6.54 Å².